The first-order valence-corrected chi connectivity index (χ1v) is 5.56. The van der Waals surface area contributed by atoms with E-state index in [0.29, 0.717) is 10.6 Å². The summed E-state index contributed by atoms with van der Waals surface area (Å²) in [6, 6.07) is 9.29. The highest BCUT2D eigenvalue weighted by Crippen LogP contribution is 2.33. The molecule has 0 saturated carbocycles. The summed E-state index contributed by atoms with van der Waals surface area (Å²) in [5.41, 5.74) is 1.27. The smallest absolute Gasteiger partial charge is 0.161 e. The molecule has 2 aromatic rings. The average molecular weight is 255 g/mol. The third kappa shape index (κ3) is 1.98. The first-order chi connectivity index (χ1) is 7.22. The summed E-state index contributed by atoms with van der Waals surface area (Å²) in [7, 11) is 0. The van der Waals surface area contributed by atoms with E-state index < -0.39 is 0 Å². The molecular formula is C10H4Cl2N2S. The van der Waals surface area contributed by atoms with Gasteiger partial charge in [-0.05, 0) is 29.2 Å². The van der Waals surface area contributed by atoms with Crippen LogP contribution < -0.4 is 0 Å². The first-order valence-electron chi connectivity index (χ1n) is 4.03. The second-order valence-corrected chi connectivity index (χ2v) is 4.37. The van der Waals surface area contributed by atoms with E-state index in [9.17, 15) is 0 Å². The molecule has 15 heavy (non-hydrogen) atoms. The van der Waals surface area contributed by atoms with E-state index in [4.69, 9.17) is 28.5 Å². The molecule has 0 fully saturated rings. The Bertz CT molecular complexity index is 543. The zero-order valence-electron chi connectivity index (χ0n) is 7.37. The van der Waals surface area contributed by atoms with Gasteiger partial charge in [0.2, 0.25) is 0 Å². The van der Waals surface area contributed by atoms with Crippen LogP contribution in [0.5, 0.6) is 0 Å². The SMILES string of the molecule is N#Cc1c(Cl)nsc1-c1cccc(Cl)c1. The number of benzene rings is 1. The van der Waals surface area contributed by atoms with Crippen LogP contribution in [0.1, 0.15) is 5.56 Å². The van der Waals surface area contributed by atoms with Crippen molar-refractivity contribution in [3.8, 4) is 16.5 Å². The zero-order valence-corrected chi connectivity index (χ0v) is 9.70. The highest BCUT2D eigenvalue weighted by atomic mass is 35.5. The number of halogens is 2. The van der Waals surface area contributed by atoms with E-state index in [1.54, 1.807) is 12.1 Å². The van der Waals surface area contributed by atoms with E-state index in [1.807, 2.05) is 18.2 Å². The van der Waals surface area contributed by atoms with Gasteiger partial charge in [-0.1, -0.05) is 35.3 Å². The van der Waals surface area contributed by atoms with Crippen LogP contribution in [0.15, 0.2) is 24.3 Å². The number of nitriles is 1. The molecule has 1 aromatic carbocycles. The summed E-state index contributed by atoms with van der Waals surface area (Å²) in [5.74, 6) is 0. The molecule has 0 saturated heterocycles. The van der Waals surface area contributed by atoms with Crippen LogP contribution in [-0.4, -0.2) is 4.37 Å². The van der Waals surface area contributed by atoms with Crippen LogP contribution in [0.2, 0.25) is 10.2 Å². The first kappa shape index (κ1) is 10.4. The second-order valence-electron chi connectivity index (χ2n) is 2.80. The van der Waals surface area contributed by atoms with Gasteiger partial charge < -0.3 is 0 Å². The molecule has 0 aliphatic rings. The van der Waals surface area contributed by atoms with Crippen molar-refractivity contribution in [1.82, 2.24) is 4.37 Å². The van der Waals surface area contributed by atoms with E-state index in [-0.39, 0.29) is 5.15 Å². The summed E-state index contributed by atoms with van der Waals surface area (Å²) in [5, 5.41) is 9.79. The van der Waals surface area contributed by atoms with Crippen LogP contribution in [0.25, 0.3) is 10.4 Å². The minimum Gasteiger partial charge on any atom is -0.192 e. The second kappa shape index (κ2) is 4.19. The predicted molar refractivity (Wildman–Crippen MR) is 62.3 cm³/mol. The van der Waals surface area contributed by atoms with Crippen molar-refractivity contribution >= 4 is 34.7 Å². The Morgan fingerprint density at radius 2 is 2.13 bits per heavy atom. The van der Waals surface area contributed by atoms with Gasteiger partial charge in [-0.15, -0.1) is 0 Å². The fourth-order valence-corrected chi connectivity index (χ4v) is 2.41. The Kier molecular flexibility index (Phi) is 2.92. The lowest BCUT2D eigenvalue weighted by Gasteiger charge is -1.97. The third-order valence-electron chi connectivity index (χ3n) is 1.85. The largest absolute Gasteiger partial charge is 0.192 e. The molecule has 0 bridgehead atoms. The molecular weight excluding hydrogens is 251 g/mol. The van der Waals surface area contributed by atoms with Gasteiger partial charge in [-0.3, -0.25) is 0 Å². The Labute approximate surface area is 101 Å². The maximum Gasteiger partial charge on any atom is 0.161 e. The van der Waals surface area contributed by atoms with Gasteiger partial charge in [0.15, 0.2) is 5.15 Å². The molecule has 0 radical (unpaired) electrons. The van der Waals surface area contributed by atoms with Crippen molar-refractivity contribution in [2.75, 3.05) is 0 Å². The lowest BCUT2D eigenvalue weighted by atomic mass is 10.1. The van der Waals surface area contributed by atoms with Gasteiger partial charge in [0, 0.05) is 5.02 Å². The maximum atomic E-state index is 8.92. The minimum atomic E-state index is 0.248. The molecule has 2 nitrogen and oxygen atoms in total. The number of hydrogen-bond donors (Lipinski definition) is 0. The fraction of sp³-hybridized carbons (Fsp3) is 0. The van der Waals surface area contributed by atoms with Crippen LogP contribution in [0.3, 0.4) is 0 Å². The fourth-order valence-electron chi connectivity index (χ4n) is 1.19. The maximum absolute atomic E-state index is 8.92. The van der Waals surface area contributed by atoms with Crippen molar-refractivity contribution in [2.24, 2.45) is 0 Å². The van der Waals surface area contributed by atoms with E-state index in [1.165, 1.54) is 11.5 Å². The average Bonchev–Trinajstić information content (AvgIpc) is 2.59. The Hall–Kier alpha value is -1.08. The van der Waals surface area contributed by atoms with E-state index in [2.05, 4.69) is 4.37 Å². The third-order valence-corrected chi connectivity index (χ3v) is 3.35. The Balaban J connectivity index is 2.60. The van der Waals surface area contributed by atoms with Gasteiger partial charge in [0.05, 0.1) is 4.88 Å². The van der Waals surface area contributed by atoms with Crippen LogP contribution in [0.4, 0.5) is 0 Å². The summed E-state index contributed by atoms with van der Waals surface area (Å²) in [6.45, 7) is 0. The van der Waals surface area contributed by atoms with Crippen LogP contribution >= 0.6 is 34.7 Å². The number of hydrogen-bond acceptors (Lipinski definition) is 3. The topological polar surface area (TPSA) is 36.7 Å². The van der Waals surface area contributed by atoms with Gasteiger partial charge in [-0.2, -0.15) is 9.64 Å². The van der Waals surface area contributed by atoms with Gasteiger partial charge in [0.25, 0.3) is 0 Å². The summed E-state index contributed by atoms with van der Waals surface area (Å²) in [6.07, 6.45) is 0. The zero-order chi connectivity index (χ0) is 10.8. The van der Waals surface area contributed by atoms with Crippen molar-refractivity contribution < 1.29 is 0 Å². The quantitative estimate of drug-likeness (QED) is 0.772. The molecule has 0 N–H and O–H groups in total. The molecule has 0 spiro atoms. The van der Waals surface area contributed by atoms with Crippen LogP contribution in [-0.2, 0) is 0 Å². The van der Waals surface area contributed by atoms with E-state index in [0.717, 1.165) is 10.4 Å². The lowest BCUT2D eigenvalue weighted by Crippen LogP contribution is -1.77. The summed E-state index contributed by atoms with van der Waals surface area (Å²) in [4.78, 5) is 0.755. The van der Waals surface area contributed by atoms with Crippen molar-refractivity contribution in [3.05, 3.63) is 40.0 Å². The van der Waals surface area contributed by atoms with E-state index >= 15 is 0 Å². The standard InChI is InChI=1S/C10H4Cl2N2S/c11-7-3-1-2-6(4-7)9-8(5-13)10(12)14-15-9/h1-4H. The highest BCUT2D eigenvalue weighted by Gasteiger charge is 2.13. The van der Waals surface area contributed by atoms with Crippen LogP contribution in [0, 0.1) is 11.3 Å². The molecule has 1 heterocycles. The van der Waals surface area contributed by atoms with Crippen molar-refractivity contribution in [2.45, 2.75) is 0 Å². The monoisotopic (exact) mass is 254 g/mol. The molecule has 74 valence electrons. The van der Waals surface area contributed by atoms with Crippen molar-refractivity contribution in [3.63, 3.8) is 0 Å². The molecule has 0 atom stereocenters. The van der Waals surface area contributed by atoms with Crippen molar-refractivity contribution in [1.29, 1.82) is 5.26 Å². The number of rotatable bonds is 1. The summed E-state index contributed by atoms with van der Waals surface area (Å²) < 4.78 is 3.93. The predicted octanol–water partition coefficient (Wildman–Crippen LogP) is 3.99. The lowest BCUT2D eigenvalue weighted by molar-refractivity contribution is 1.47. The molecule has 0 aliphatic carbocycles. The molecule has 0 amide bonds. The normalized spacial score (nSPS) is 9.93. The Morgan fingerprint density at radius 3 is 2.80 bits per heavy atom. The molecule has 0 unspecified atom stereocenters. The molecule has 5 heteroatoms. The van der Waals surface area contributed by atoms with Gasteiger partial charge in [-0.25, -0.2) is 0 Å². The number of nitrogens with zero attached hydrogens (tertiary/aromatic N) is 2. The van der Waals surface area contributed by atoms with Gasteiger partial charge in [0.1, 0.15) is 11.6 Å². The van der Waals surface area contributed by atoms with Gasteiger partial charge >= 0.3 is 0 Å². The highest BCUT2D eigenvalue weighted by molar-refractivity contribution is 7.10. The Morgan fingerprint density at radius 1 is 1.33 bits per heavy atom. The molecule has 1 aromatic heterocycles. The summed E-state index contributed by atoms with van der Waals surface area (Å²) >= 11 is 12.8. The number of aromatic nitrogens is 1. The minimum absolute atomic E-state index is 0.248. The molecule has 0 aliphatic heterocycles. The molecule has 2 rings (SSSR count).